The van der Waals surface area contributed by atoms with Gasteiger partial charge in [0, 0.05) is 28.4 Å². The predicted molar refractivity (Wildman–Crippen MR) is 116 cm³/mol. The van der Waals surface area contributed by atoms with Crippen molar-refractivity contribution in [2.24, 2.45) is 0 Å². The van der Waals surface area contributed by atoms with Crippen molar-refractivity contribution in [2.75, 3.05) is 18.1 Å². The largest absolute Gasteiger partial charge is 0.484 e. The van der Waals surface area contributed by atoms with Gasteiger partial charge < -0.3 is 9.64 Å². The van der Waals surface area contributed by atoms with Crippen LogP contribution in [0.4, 0.5) is 5.69 Å². The van der Waals surface area contributed by atoms with Crippen molar-refractivity contribution in [1.82, 2.24) is 0 Å². The zero-order chi connectivity index (χ0) is 21.3. The van der Waals surface area contributed by atoms with Gasteiger partial charge in [-0.3, -0.25) is 9.59 Å². The Morgan fingerprint density at radius 2 is 1.50 bits per heavy atom. The van der Waals surface area contributed by atoms with E-state index in [0.29, 0.717) is 27.6 Å². The molecule has 0 atom stereocenters. The van der Waals surface area contributed by atoms with Crippen molar-refractivity contribution >= 4 is 29.0 Å². The Labute approximate surface area is 180 Å². The van der Waals surface area contributed by atoms with Crippen LogP contribution in [0.2, 0.25) is 5.02 Å². The smallest absolute Gasteiger partial charge is 0.264 e. The second kappa shape index (κ2) is 10.2. The van der Waals surface area contributed by atoms with Gasteiger partial charge in [-0.05, 0) is 60.7 Å². The fourth-order valence-corrected chi connectivity index (χ4v) is 2.99. The van der Waals surface area contributed by atoms with Crippen LogP contribution in [0.15, 0.2) is 78.9 Å². The standard InChI is InChI=1S/C24H19ClN2O3/c25-20-11-7-18(8-12-20)24(29)19-9-13-22(14-10-19)30-17-23(28)27(16-4-15-26)21-5-2-1-3-6-21/h1-3,5-14H,4,16-17H2. The summed E-state index contributed by atoms with van der Waals surface area (Å²) >= 11 is 5.86. The highest BCUT2D eigenvalue weighted by Gasteiger charge is 2.16. The van der Waals surface area contributed by atoms with E-state index in [1.165, 1.54) is 4.90 Å². The molecule has 0 saturated carbocycles. The number of amides is 1. The molecule has 0 radical (unpaired) electrons. The number of para-hydroxylation sites is 1. The lowest BCUT2D eigenvalue weighted by Gasteiger charge is -2.21. The Bertz CT molecular complexity index is 1040. The molecule has 0 fully saturated rings. The number of anilines is 1. The molecule has 3 rings (SSSR count). The van der Waals surface area contributed by atoms with E-state index in [1.54, 1.807) is 48.5 Å². The van der Waals surface area contributed by atoms with Gasteiger partial charge in [0.1, 0.15) is 5.75 Å². The quantitative estimate of drug-likeness (QED) is 0.488. The summed E-state index contributed by atoms with van der Waals surface area (Å²) in [4.78, 5) is 26.7. The summed E-state index contributed by atoms with van der Waals surface area (Å²) < 4.78 is 5.60. The van der Waals surface area contributed by atoms with Gasteiger partial charge in [-0.25, -0.2) is 0 Å². The predicted octanol–water partition coefficient (Wildman–Crippen LogP) is 4.90. The average molecular weight is 419 g/mol. The first-order valence-electron chi connectivity index (χ1n) is 9.34. The van der Waals surface area contributed by atoms with Gasteiger partial charge in [-0.1, -0.05) is 29.8 Å². The molecule has 0 spiro atoms. The zero-order valence-corrected chi connectivity index (χ0v) is 16.9. The molecule has 3 aromatic rings. The first-order chi connectivity index (χ1) is 14.6. The van der Waals surface area contributed by atoms with Crippen molar-refractivity contribution in [3.8, 4) is 11.8 Å². The zero-order valence-electron chi connectivity index (χ0n) is 16.1. The molecule has 0 unspecified atom stereocenters. The van der Waals surface area contributed by atoms with E-state index in [4.69, 9.17) is 21.6 Å². The normalized spacial score (nSPS) is 10.1. The molecule has 0 saturated heterocycles. The van der Waals surface area contributed by atoms with E-state index in [9.17, 15) is 9.59 Å². The van der Waals surface area contributed by atoms with Crippen molar-refractivity contribution in [3.63, 3.8) is 0 Å². The number of halogens is 1. The number of ether oxygens (including phenoxy) is 1. The highest BCUT2D eigenvalue weighted by molar-refractivity contribution is 6.30. The minimum absolute atomic E-state index is 0.124. The van der Waals surface area contributed by atoms with Crippen LogP contribution < -0.4 is 9.64 Å². The Hall–Kier alpha value is -3.62. The van der Waals surface area contributed by atoms with E-state index >= 15 is 0 Å². The number of benzene rings is 3. The van der Waals surface area contributed by atoms with E-state index in [1.807, 2.05) is 30.3 Å². The summed E-state index contributed by atoms with van der Waals surface area (Å²) in [7, 11) is 0. The lowest BCUT2D eigenvalue weighted by atomic mass is 10.0. The van der Waals surface area contributed by atoms with E-state index in [2.05, 4.69) is 6.07 Å². The maximum Gasteiger partial charge on any atom is 0.264 e. The van der Waals surface area contributed by atoms with E-state index < -0.39 is 0 Å². The highest BCUT2D eigenvalue weighted by atomic mass is 35.5. The van der Waals surface area contributed by atoms with Gasteiger partial charge >= 0.3 is 0 Å². The van der Waals surface area contributed by atoms with E-state index in [-0.39, 0.29) is 31.3 Å². The van der Waals surface area contributed by atoms with Gasteiger partial charge in [-0.15, -0.1) is 0 Å². The second-order valence-electron chi connectivity index (χ2n) is 6.44. The van der Waals surface area contributed by atoms with Gasteiger partial charge in [-0.2, -0.15) is 5.26 Å². The fraction of sp³-hybridized carbons (Fsp3) is 0.125. The Morgan fingerprint density at radius 1 is 0.900 bits per heavy atom. The molecular formula is C24H19ClN2O3. The van der Waals surface area contributed by atoms with Crippen molar-refractivity contribution in [2.45, 2.75) is 6.42 Å². The Kier molecular flexibility index (Phi) is 7.20. The lowest BCUT2D eigenvalue weighted by Crippen LogP contribution is -2.35. The van der Waals surface area contributed by atoms with Gasteiger partial charge in [0.25, 0.3) is 5.91 Å². The molecule has 0 bridgehead atoms. The maximum atomic E-state index is 12.6. The molecule has 5 nitrogen and oxygen atoms in total. The van der Waals surface area contributed by atoms with Crippen molar-refractivity contribution < 1.29 is 14.3 Å². The molecule has 0 aromatic heterocycles. The minimum Gasteiger partial charge on any atom is -0.484 e. The molecule has 0 aliphatic rings. The van der Waals surface area contributed by atoms with Crippen molar-refractivity contribution in [3.05, 3.63) is 95.0 Å². The first-order valence-corrected chi connectivity index (χ1v) is 9.72. The summed E-state index contributed by atoms with van der Waals surface area (Å²) in [5.41, 5.74) is 1.76. The van der Waals surface area contributed by atoms with Crippen LogP contribution in [0.25, 0.3) is 0 Å². The van der Waals surface area contributed by atoms with Crippen LogP contribution >= 0.6 is 11.6 Å². The molecule has 1 amide bonds. The number of hydrogen-bond acceptors (Lipinski definition) is 4. The van der Waals surface area contributed by atoms with Gasteiger partial charge in [0.15, 0.2) is 12.4 Å². The van der Waals surface area contributed by atoms with Crippen LogP contribution in [0.3, 0.4) is 0 Å². The van der Waals surface area contributed by atoms with Crippen molar-refractivity contribution in [1.29, 1.82) is 5.26 Å². The number of carbonyl (C=O) groups is 2. The maximum absolute atomic E-state index is 12.6. The van der Waals surface area contributed by atoms with Crippen LogP contribution in [0.1, 0.15) is 22.3 Å². The Morgan fingerprint density at radius 3 is 2.10 bits per heavy atom. The number of rotatable bonds is 8. The fourth-order valence-electron chi connectivity index (χ4n) is 2.86. The van der Waals surface area contributed by atoms with Gasteiger partial charge in [0.05, 0.1) is 12.5 Å². The number of ketones is 1. The Balaban J connectivity index is 1.63. The molecule has 0 aliphatic carbocycles. The third kappa shape index (κ3) is 5.47. The summed E-state index contributed by atoms with van der Waals surface area (Å²) in [6.07, 6.45) is 0.224. The average Bonchev–Trinajstić information content (AvgIpc) is 2.79. The molecule has 150 valence electrons. The SMILES string of the molecule is N#CCCN(C(=O)COc1ccc(C(=O)c2ccc(Cl)cc2)cc1)c1ccccc1. The number of nitriles is 1. The molecule has 0 N–H and O–H groups in total. The highest BCUT2D eigenvalue weighted by Crippen LogP contribution is 2.18. The van der Waals surface area contributed by atoms with Crippen LogP contribution in [0, 0.1) is 11.3 Å². The first kappa shape index (κ1) is 21.1. The summed E-state index contributed by atoms with van der Waals surface area (Å²) in [6.45, 7) is 0.113. The van der Waals surface area contributed by atoms with Gasteiger partial charge in [0.2, 0.25) is 0 Å². The third-order valence-corrected chi connectivity index (χ3v) is 4.65. The number of nitrogens with zero attached hydrogens (tertiary/aromatic N) is 2. The molecule has 6 heteroatoms. The van der Waals surface area contributed by atoms with E-state index in [0.717, 1.165) is 0 Å². The molecule has 0 aliphatic heterocycles. The summed E-state index contributed by atoms with van der Waals surface area (Å²) in [5.74, 6) is 0.100. The number of carbonyl (C=O) groups excluding carboxylic acids is 2. The molecule has 0 heterocycles. The summed E-state index contributed by atoms with van der Waals surface area (Å²) in [6, 6.07) is 24.5. The minimum atomic E-state index is -0.252. The topological polar surface area (TPSA) is 70.4 Å². The van der Waals surface area contributed by atoms with Crippen LogP contribution in [-0.4, -0.2) is 24.8 Å². The summed E-state index contributed by atoms with van der Waals surface area (Å²) in [5, 5.41) is 9.43. The molecule has 3 aromatic carbocycles. The third-order valence-electron chi connectivity index (χ3n) is 4.40. The van der Waals surface area contributed by atoms with Crippen LogP contribution in [-0.2, 0) is 4.79 Å². The van der Waals surface area contributed by atoms with Crippen LogP contribution in [0.5, 0.6) is 5.75 Å². The monoisotopic (exact) mass is 418 g/mol. The lowest BCUT2D eigenvalue weighted by molar-refractivity contribution is -0.120. The number of hydrogen-bond donors (Lipinski definition) is 0. The molecular weight excluding hydrogens is 400 g/mol. The second-order valence-corrected chi connectivity index (χ2v) is 6.87. The molecule has 30 heavy (non-hydrogen) atoms.